The van der Waals surface area contributed by atoms with Crippen molar-refractivity contribution in [1.82, 2.24) is 9.80 Å². The normalized spacial score (nSPS) is 20.2. The van der Waals surface area contributed by atoms with Crippen molar-refractivity contribution < 1.29 is 13.6 Å². The monoisotopic (exact) mass is 283 g/mol. The molecular formula is C14H19F2N3O. The number of hydrogen-bond acceptors (Lipinski definition) is 3. The van der Waals surface area contributed by atoms with Crippen molar-refractivity contribution in [2.75, 3.05) is 33.2 Å². The molecule has 1 atom stereocenters. The highest BCUT2D eigenvalue weighted by Crippen LogP contribution is 2.14. The molecule has 110 valence electrons. The Kier molecular flexibility index (Phi) is 4.67. The fourth-order valence-corrected chi connectivity index (χ4v) is 2.48. The number of nitrogens with zero attached hydrogens (tertiary/aromatic N) is 2. The summed E-state index contributed by atoms with van der Waals surface area (Å²) in [6.45, 7) is 2.39. The standard InChI is InChI=1S/C14H19F2N3O/c1-18-4-5-19(12(8-17)9-18)14(20)7-10-6-11(15)2-3-13(10)16/h2-3,6,12H,4-5,7-9,17H2,1H3/t12-/m0/s1. The number of benzene rings is 1. The molecule has 0 aliphatic carbocycles. The second-order valence-corrected chi connectivity index (χ2v) is 5.15. The van der Waals surface area contributed by atoms with Gasteiger partial charge >= 0.3 is 0 Å². The van der Waals surface area contributed by atoms with Gasteiger partial charge in [0.05, 0.1) is 12.5 Å². The Morgan fingerprint density at radius 2 is 2.15 bits per heavy atom. The Morgan fingerprint density at radius 1 is 1.40 bits per heavy atom. The number of nitrogens with two attached hydrogens (primary N) is 1. The SMILES string of the molecule is CN1CCN(C(=O)Cc2cc(F)ccc2F)[C@@H](CN)C1. The van der Waals surface area contributed by atoms with Gasteiger partial charge in [-0.15, -0.1) is 0 Å². The largest absolute Gasteiger partial charge is 0.336 e. The van der Waals surface area contributed by atoms with Gasteiger partial charge in [0.2, 0.25) is 5.91 Å². The lowest BCUT2D eigenvalue weighted by molar-refractivity contribution is -0.134. The Bertz CT molecular complexity index is 495. The summed E-state index contributed by atoms with van der Waals surface area (Å²) < 4.78 is 26.7. The molecule has 1 fully saturated rings. The zero-order chi connectivity index (χ0) is 14.7. The maximum atomic E-state index is 13.6. The van der Waals surface area contributed by atoms with Gasteiger partial charge in [0.15, 0.2) is 0 Å². The number of rotatable bonds is 3. The van der Waals surface area contributed by atoms with Crippen molar-refractivity contribution in [1.29, 1.82) is 0 Å². The molecular weight excluding hydrogens is 264 g/mol. The van der Waals surface area contributed by atoms with Gasteiger partial charge in [0.25, 0.3) is 0 Å². The van der Waals surface area contributed by atoms with Crippen LogP contribution in [0.2, 0.25) is 0 Å². The van der Waals surface area contributed by atoms with Crippen molar-refractivity contribution in [2.24, 2.45) is 5.73 Å². The Balaban J connectivity index is 2.09. The quantitative estimate of drug-likeness (QED) is 0.884. The zero-order valence-electron chi connectivity index (χ0n) is 11.5. The number of halogens is 2. The Labute approximate surface area is 117 Å². The second-order valence-electron chi connectivity index (χ2n) is 5.15. The number of hydrogen-bond donors (Lipinski definition) is 1. The van der Waals surface area contributed by atoms with Crippen molar-refractivity contribution in [2.45, 2.75) is 12.5 Å². The van der Waals surface area contributed by atoms with Crippen LogP contribution in [0.5, 0.6) is 0 Å². The van der Waals surface area contributed by atoms with Crippen molar-refractivity contribution in [3.8, 4) is 0 Å². The highest BCUT2D eigenvalue weighted by molar-refractivity contribution is 5.79. The van der Waals surface area contributed by atoms with E-state index in [0.29, 0.717) is 19.6 Å². The van der Waals surface area contributed by atoms with Gasteiger partial charge in [0.1, 0.15) is 11.6 Å². The third-order valence-corrected chi connectivity index (χ3v) is 3.63. The van der Waals surface area contributed by atoms with Crippen LogP contribution in [0.1, 0.15) is 5.56 Å². The molecule has 1 aromatic rings. The maximum Gasteiger partial charge on any atom is 0.227 e. The number of piperazine rings is 1. The summed E-state index contributed by atoms with van der Waals surface area (Å²) in [5, 5.41) is 0. The first kappa shape index (κ1) is 14.9. The summed E-state index contributed by atoms with van der Waals surface area (Å²) in [5.41, 5.74) is 5.77. The fraction of sp³-hybridized carbons (Fsp3) is 0.500. The van der Waals surface area contributed by atoms with Crippen LogP contribution in [0, 0.1) is 11.6 Å². The minimum Gasteiger partial charge on any atom is -0.336 e. The van der Waals surface area contributed by atoms with Gasteiger partial charge < -0.3 is 15.5 Å². The average molecular weight is 283 g/mol. The summed E-state index contributed by atoms with van der Waals surface area (Å²) in [6, 6.07) is 3.09. The number of carbonyl (C=O) groups excluding carboxylic acids is 1. The van der Waals surface area contributed by atoms with Gasteiger partial charge in [-0.1, -0.05) is 0 Å². The van der Waals surface area contributed by atoms with Crippen LogP contribution in [0.3, 0.4) is 0 Å². The van der Waals surface area contributed by atoms with E-state index in [9.17, 15) is 13.6 Å². The smallest absolute Gasteiger partial charge is 0.227 e. The molecule has 1 aliphatic rings. The van der Waals surface area contributed by atoms with Crippen molar-refractivity contribution >= 4 is 5.91 Å². The minimum absolute atomic E-state index is 0.0714. The molecule has 1 heterocycles. The van der Waals surface area contributed by atoms with Crippen molar-refractivity contribution in [3.63, 3.8) is 0 Å². The minimum atomic E-state index is -0.557. The van der Waals surface area contributed by atoms with E-state index in [1.54, 1.807) is 4.90 Å². The molecule has 1 aromatic carbocycles. The van der Waals surface area contributed by atoms with Gasteiger partial charge in [0, 0.05) is 31.7 Å². The lowest BCUT2D eigenvalue weighted by Gasteiger charge is -2.39. The molecule has 2 N–H and O–H groups in total. The van der Waals surface area contributed by atoms with E-state index >= 15 is 0 Å². The van der Waals surface area contributed by atoms with Crippen LogP contribution in [0.4, 0.5) is 8.78 Å². The van der Waals surface area contributed by atoms with Gasteiger partial charge in [-0.05, 0) is 25.2 Å². The molecule has 1 saturated heterocycles. The van der Waals surface area contributed by atoms with Gasteiger partial charge in [-0.2, -0.15) is 0 Å². The fourth-order valence-electron chi connectivity index (χ4n) is 2.48. The molecule has 1 aliphatic heterocycles. The molecule has 0 radical (unpaired) electrons. The third kappa shape index (κ3) is 3.32. The second kappa shape index (κ2) is 6.28. The summed E-state index contributed by atoms with van der Waals surface area (Å²) in [6.07, 6.45) is -0.135. The lowest BCUT2D eigenvalue weighted by atomic mass is 10.1. The van der Waals surface area contributed by atoms with Gasteiger partial charge in [-0.3, -0.25) is 4.79 Å². The molecule has 2 rings (SSSR count). The van der Waals surface area contributed by atoms with E-state index < -0.39 is 11.6 Å². The molecule has 0 saturated carbocycles. The van der Waals surface area contributed by atoms with Crippen LogP contribution < -0.4 is 5.73 Å². The van der Waals surface area contributed by atoms with E-state index in [1.165, 1.54) is 0 Å². The summed E-state index contributed by atoms with van der Waals surface area (Å²) >= 11 is 0. The molecule has 4 nitrogen and oxygen atoms in total. The van der Waals surface area contributed by atoms with Gasteiger partial charge in [-0.25, -0.2) is 8.78 Å². The topological polar surface area (TPSA) is 49.6 Å². The summed E-state index contributed by atoms with van der Waals surface area (Å²) in [5.74, 6) is -1.31. The first-order valence-electron chi connectivity index (χ1n) is 6.63. The van der Waals surface area contributed by atoms with Crippen LogP contribution in [0.15, 0.2) is 18.2 Å². The van der Waals surface area contributed by atoms with Crippen LogP contribution >= 0.6 is 0 Å². The zero-order valence-corrected chi connectivity index (χ0v) is 11.5. The summed E-state index contributed by atoms with van der Waals surface area (Å²) in [4.78, 5) is 16.0. The molecule has 0 bridgehead atoms. The van der Waals surface area contributed by atoms with E-state index in [1.807, 2.05) is 7.05 Å². The molecule has 1 amide bonds. The number of likely N-dealkylation sites (N-methyl/N-ethyl adjacent to an activating group) is 1. The summed E-state index contributed by atoms with van der Waals surface area (Å²) in [7, 11) is 1.97. The predicted octanol–water partition coefficient (Wildman–Crippen LogP) is 0.609. The van der Waals surface area contributed by atoms with Crippen LogP contribution in [-0.4, -0.2) is 55.0 Å². The molecule has 0 spiro atoms. The molecule has 0 aromatic heterocycles. The number of amides is 1. The van der Waals surface area contributed by atoms with Crippen molar-refractivity contribution in [3.05, 3.63) is 35.4 Å². The molecule has 20 heavy (non-hydrogen) atoms. The highest BCUT2D eigenvalue weighted by Gasteiger charge is 2.28. The Hall–Kier alpha value is -1.53. The molecule has 6 heteroatoms. The maximum absolute atomic E-state index is 13.6. The van der Waals surface area contributed by atoms with E-state index in [2.05, 4.69) is 4.90 Å². The van der Waals surface area contributed by atoms with E-state index in [0.717, 1.165) is 24.7 Å². The lowest BCUT2D eigenvalue weighted by Crippen LogP contribution is -2.57. The number of carbonyl (C=O) groups is 1. The van der Waals surface area contributed by atoms with Crippen LogP contribution in [-0.2, 0) is 11.2 Å². The average Bonchev–Trinajstić information content (AvgIpc) is 2.42. The first-order chi connectivity index (χ1) is 9.51. The third-order valence-electron chi connectivity index (χ3n) is 3.63. The van der Waals surface area contributed by atoms with Crippen LogP contribution in [0.25, 0.3) is 0 Å². The van der Waals surface area contributed by atoms with E-state index in [-0.39, 0.29) is 23.9 Å². The first-order valence-corrected chi connectivity index (χ1v) is 6.63. The highest BCUT2D eigenvalue weighted by atomic mass is 19.1. The molecule has 0 unspecified atom stereocenters. The predicted molar refractivity (Wildman–Crippen MR) is 72.1 cm³/mol. The van der Waals surface area contributed by atoms with E-state index in [4.69, 9.17) is 5.73 Å². The Morgan fingerprint density at radius 3 is 2.85 bits per heavy atom.